The molecule has 1 aromatic carbocycles. The lowest BCUT2D eigenvalue weighted by molar-refractivity contribution is 0.325. The van der Waals surface area contributed by atoms with Gasteiger partial charge in [0.15, 0.2) is 5.82 Å². The van der Waals surface area contributed by atoms with Crippen molar-refractivity contribution in [2.45, 2.75) is 33.1 Å². The summed E-state index contributed by atoms with van der Waals surface area (Å²) in [7, 11) is 0. The van der Waals surface area contributed by atoms with Crippen molar-refractivity contribution in [3.8, 4) is 17.4 Å². The highest BCUT2D eigenvalue weighted by atomic mass is 16.5. The fourth-order valence-electron chi connectivity index (χ4n) is 2.30. The Hall–Kier alpha value is -3.16. The second-order valence-corrected chi connectivity index (χ2v) is 6.75. The number of azo groups is 1. The van der Waals surface area contributed by atoms with Gasteiger partial charge in [-0.1, -0.05) is 39.0 Å². The van der Waals surface area contributed by atoms with Crippen LogP contribution in [0.2, 0.25) is 0 Å². The minimum absolute atomic E-state index is 0.0961. The highest BCUT2D eigenvalue weighted by Gasteiger charge is 2.21. The zero-order valence-electron chi connectivity index (χ0n) is 15.3. The number of ether oxygens (including phenoxy) is 1. The number of aromatic hydroxyl groups is 1. The summed E-state index contributed by atoms with van der Waals surface area (Å²) >= 11 is 0. The normalized spacial score (nSPS) is 12.0. The molecule has 136 valence electrons. The van der Waals surface area contributed by atoms with E-state index in [2.05, 4.69) is 46.3 Å². The molecule has 0 amide bonds. The van der Waals surface area contributed by atoms with Gasteiger partial charge in [-0.25, -0.2) is 0 Å². The van der Waals surface area contributed by atoms with Crippen LogP contribution in [0.1, 0.15) is 33.4 Å². The molecule has 3 rings (SSSR count). The van der Waals surface area contributed by atoms with E-state index in [1.807, 2.05) is 43.3 Å². The summed E-state index contributed by atoms with van der Waals surface area (Å²) in [5, 5.41) is 30.2. The highest BCUT2D eigenvalue weighted by molar-refractivity contribution is 5.58. The standard InChI is InChI=1S/C18H22N6O2/c1-5-26-16-15(17(25)24(23-16)12-9-7-6-8-10-12)22-21-14-11-13(19-20-14)18(2,3)4/h6-11,25H,5H2,1-4H3,(H,19,20)/b22-21+. The topological polar surface area (TPSA) is 101 Å². The van der Waals surface area contributed by atoms with Crippen molar-refractivity contribution in [1.82, 2.24) is 20.0 Å². The van der Waals surface area contributed by atoms with Gasteiger partial charge in [0.05, 0.1) is 18.0 Å². The third-order valence-electron chi connectivity index (χ3n) is 3.68. The average molecular weight is 354 g/mol. The van der Waals surface area contributed by atoms with Gasteiger partial charge in [-0.05, 0) is 19.1 Å². The van der Waals surface area contributed by atoms with Crippen LogP contribution in [-0.4, -0.2) is 31.7 Å². The number of para-hydroxylation sites is 1. The Morgan fingerprint density at radius 2 is 1.92 bits per heavy atom. The molecule has 0 aliphatic rings. The summed E-state index contributed by atoms with van der Waals surface area (Å²) in [6.07, 6.45) is 0. The second-order valence-electron chi connectivity index (χ2n) is 6.75. The van der Waals surface area contributed by atoms with Crippen molar-refractivity contribution in [2.75, 3.05) is 6.61 Å². The Kier molecular flexibility index (Phi) is 4.75. The van der Waals surface area contributed by atoms with E-state index < -0.39 is 0 Å². The lowest BCUT2D eigenvalue weighted by Crippen LogP contribution is -2.11. The summed E-state index contributed by atoms with van der Waals surface area (Å²) in [6, 6.07) is 11.1. The molecular weight excluding hydrogens is 332 g/mol. The Labute approximate surface area is 151 Å². The van der Waals surface area contributed by atoms with E-state index in [1.165, 1.54) is 4.68 Å². The average Bonchev–Trinajstić information content (AvgIpc) is 3.20. The number of hydrogen-bond acceptors (Lipinski definition) is 6. The summed E-state index contributed by atoms with van der Waals surface area (Å²) < 4.78 is 6.86. The molecule has 3 aromatic rings. The maximum absolute atomic E-state index is 10.5. The van der Waals surface area contributed by atoms with Crippen molar-refractivity contribution >= 4 is 11.5 Å². The number of rotatable bonds is 5. The number of benzene rings is 1. The molecule has 0 fully saturated rings. The van der Waals surface area contributed by atoms with E-state index in [0.717, 1.165) is 5.69 Å². The monoisotopic (exact) mass is 354 g/mol. The smallest absolute Gasteiger partial charge is 0.265 e. The van der Waals surface area contributed by atoms with Gasteiger partial charge in [0.1, 0.15) is 0 Å². The van der Waals surface area contributed by atoms with E-state index in [0.29, 0.717) is 18.1 Å². The molecule has 0 unspecified atom stereocenters. The minimum Gasteiger partial charge on any atom is -0.492 e. The molecule has 0 saturated heterocycles. The van der Waals surface area contributed by atoms with Crippen LogP contribution in [0.3, 0.4) is 0 Å². The van der Waals surface area contributed by atoms with Crippen molar-refractivity contribution in [3.05, 3.63) is 42.1 Å². The number of aromatic amines is 1. The van der Waals surface area contributed by atoms with E-state index in [1.54, 1.807) is 0 Å². The molecule has 0 bridgehead atoms. The fraction of sp³-hybridized carbons (Fsp3) is 0.333. The van der Waals surface area contributed by atoms with Crippen LogP contribution in [0.4, 0.5) is 11.5 Å². The molecule has 8 heteroatoms. The Balaban J connectivity index is 1.96. The molecule has 2 heterocycles. The predicted octanol–water partition coefficient (Wildman–Crippen LogP) is 4.41. The fourth-order valence-corrected chi connectivity index (χ4v) is 2.30. The van der Waals surface area contributed by atoms with E-state index in [4.69, 9.17) is 4.74 Å². The molecule has 2 N–H and O–H groups in total. The van der Waals surface area contributed by atoms with Gasteiger partial charge in [-0.3, -0.25) is 5.10 Å². The molecule has 0 atom stereocenters. The predicted molar refractivity (Wildman–Crippen MR) is 97.9 cm³/mol. The summed E-state index contributed by atoms with van der Waals surface area (Å²) in [5.41, 5.74) is 1.65. The molecule has 0 saturated carbocycles. The maximum atomic E-state index is 10.5. The van der Waals surface area contributed by atoms with E-state index >= 15 is 0 Å². The summed E-state index contributed by atoms with van der Waals surface area (Å²) in [5.74, 6) is 0.566. The number of nitrogens with zero attached hydrogens (tertiary/aromatic N) is 5. The van der Waals surface area contributed by atoms with Crippen LogP contribution in [-0.2, 0) is 5.41 Å². The van der Waals surface area contributed by atoms with Gasteiger partial charge in [0.25, 0.3) is 5.88 Å². The SMILES string of the molecule is CCOc1nn(-c2ccccc2)c(O)c1/N=N/c1cc(C(C)(C)C)n[nH]1. The number of aromatic nitrogens is 4. The summed E-state index contributed by atoms with van der Waals surface area (Å²) in [4.78, 5) is 0. The van der Waals surface area contributed by atoms with Gasteiger partial charge in [-0.2, -0.15) is 9.78 Å². The Morgan fingerprint density at radius 1 is 1.19 bits per heavy atom. The largest absolute Gasteiger partial charge is 0.492 e. The van der Waals surface area contributed by atoms with Crippen LogP contribution in [0.15, 0.2) is 46.6 Å². The van der Waals surface area contributed by atoms with Crippen molar-refractivity contribution in [2.24, 2.45) is 10.2 Å². The molecule has 2 aromatic heterocycles. The van der Waals surface area contributed by atoms with Crippen LogP contribution in [0.25, 0.3) is 5.69 Å². The molecule has 26 heavy (non-hydrogen) atoms. The van der Waals surface area contributed by atoms with Crippen LogP contribution < -0.4 is 4.74 Å². The van der Waals surface area contributed by atoms with Gasteiger partial charge in [0, 0.05) is 11.5 Å². The number of nitrogens with one attached hydrogen (secondary N) is 1. The van der Waals surface area contributed by atoms with Gasteiger partial charge in [0.2, 0.25) is 11.6 Å². The first kappa shape index (κ1) is 17.7. The van der Waals surface area contributed by atoms with Gasteiger partial charge >= 0.3 is 0 Å². The lowest BCUT2D eigenvalue weighted by Gasteiger charge is -2.13. The van der Waals surface area contributed by atoms with Crippen molar-refractivity contribution in [1.29, 1.82) is 0 Å². The zero-order chi connectivity index (χ0) is 18.7. The van der Waals surface area contributed by atoms with Crippen LogP contribution >= 0.6 is 0 Å². The number of H-pyrrole nitrogens is 1. The minimum atomic E-state index is -0.140. The van der Waals surface area contributed by atoms with Crippen molar-refractivity contribution < 1.29 is 9.84 Å². The molecule has 0 aliphatic heterocycles. The molecule has 8 nitrogen and oxygen atoms in total. The first-order chi connectivity index (χ1) is 12.4. The Morgan fingerprint density at radius 3 is 2.54 bits per heavy atom. The molecule has 0 spiro atoms. The third-order valence-corrected chi connectivity index (χ3v) is 3.68. The molecule has 0 radical (unpaired) electrons. The first-order valence-electron chi connectivity index (χ1n) is 8.38. The second kappa shape index (κ2) is 6.99. The summed E-state index contributed by atoms with van der Waals surface area (Å²) in [6.45, 7) is 8.42. The van der Waals surface area contributed by atoms with Gasteiger partial charge in [-0.15, -0.1) is 15.3 Å². The zero-order valence-corrected chi connectivity index (χ0v) is 15.3. The highest BCUT2D eigenvalue weighted by Crippen LogP contribution is 2.39. The Bertz CT molecular complexity index is 906. The van der Waals surface area contributed by atoms with Crippen LogP contribution in [0, 0.1) is 0 Å². The van der Waals surface area contributed by atoms with Gasteiger partial charge < -0.3 is 9.84 Å². The van der Waals surface area contributed by atoms with Crippen LogP contribution in [0.5, 0.6) is 11.8 Å². The maximum Gasteiger partial charge on any atom is 0.265 e. The van der Waals surface area contributed by atoms with Crippen molar-refractivity contribution in [3.63, 3.8) is 0 Å². The third kappa shape index (κ3) is 3.58. The molecule has 0 aliphatic carbocycles. The van der Waals surface area contributed by atoms with E-state index in [9.17, 15) is 5.11 Å². The molecular formula is C18H22N6O2. The lowest BCUT2D eigenvalue weighted by atomic mass is 9.92. The number of hydrogen-bond donors (Lipinski definition) is 2. The van der Waals surface area contributed by atoms with E-state index in [-0.39, 0.29) is 22.9 Å². The first-order valence-corrected chi connectivity index (χ1v) is 8.38. The quantitative estimate of drug-likeness (QED) is 0.663.